The van der Waals surface area contributed by atoms with Crippen LogP contribution in [0.1, 0.15) is 20.3 Å². The molecule has 1 nitrogen and oxygen atoms in total. The zero-order chi connectivity index (χ0) is 8.10. The Labute approximate surface area is 80.8 Å². The molecule has 2 heteroatoms. The van der Waals surface area contributed by atoms with Crippen LogP contribution in [0.3, 0.4) is 0 Å². The number of rotatable bonds is 3. The van der Waals surface area contributed by atoms with Crippen molar-refractivity contribution in [2.75, 3.05) is 0 Å². The molecule has 0 fully saturated rings. The van der Waals surface area contributed by atoms with Gasteiger partial charge in [0.2, 0.25) is 0 Å². The summed E-state index contributed by atoms with van der Waals surface area (Å²) in [5, 5.41) is 0. The van der Waals surface area contributed by atoms with E-state index < -0.39 is 0 Å². The van der Waals surface area contributed by atoms with E-state index in [1.54, 1.807) is 0 Å². The van der Waals surface area contributed by atoms with Gasteiger partial charge >= 0.3 is 0 Å². The SMILES string of the molecule is CC(C)CC[n+]1ccccc1.[Cl-]. The second-order valence-corrected chi connectivity index (χ2v) is 3.30. The lowest BCUT2D eigenvalue weighted by Gasteiger charge is -1.99. The molecule has 0 saturated heterocycles. The number of hydrogen-bond acceptors (Lipinski definition) is 0. The number of hydrogen-bond donors (Lipinski definition) is 0. The fourth-order valence-electron chi connectivity index (χ4n) is 0.991. The molecule has 0 aliphatic carbocycles. The third-order valence-corrected chi connectivity index (χ3v) is 1.74. The molecule has 1 heterocycles. The Bertz CT molecular complexity index is 196. The van der Waals surface area contributed by atoms with Gasteiger partial charge in [0.05, 0.1) is 0 Å². The molecule has 0 saturated carbocycles. The number of halogens is 1. The summed E-state index contributed by atoms with van der Waals surface area (Å²) in [7, 11) is 0. The maximum absolute atomic E-state index is 2.25. The highest BCUT2D eigenvalue weighted by Crippen LogP contribution is 1.97. The zero-order valence-corrected chi connectivity index (χ0v) is 8.46. The van der Waals surface area contributed by atoms with Crippen LogP contribution in [0.4, 0.5) is 0 Å². The van der Waals surface area contributed by atoms with Crippen LogP contribution in [0.2, 0.25) is 0 Å². The molecule has 0 aliphatic heterocycles. The molecule has 0 amide bonds. The van der Waals surface area contributed by atoms with Crippen molar-refractivity contribution in [3.8, 4) is 0 Å². The molecule has 1 rings (SSSR count). The largest absolute Gasteiger partial charge is 1.00 e. The molecule has 0 aromatic carbocycles. The standard InChI is InChI=1S/C10H16N.ClH/c1-10(2)6-9-11-7-4-3-5-8-11;/h3-5,7-8,10H,6,9H2,1-2H3;1H/q+1;/p-1. The van der Waals surface area contributed by atoms with Crippen LogP contribution in [0, 0.1) is 5.92 Å². The summed E-state index contributed by atoms with van der Waals surface area (Å²) in [6, 6.07) is 6.19. The Morgan fingerprint density at radius 1 is 1.08 bits per heavy atom. The van der Waals surface area contributed by atoms with Crippen molar-refractivity contribution in [2.24, 2.45) is 5.92 Å². The van der Waals surface area contributed by atoms with Gasteiger partial charge in [0.15, 0.2) is 12.4 Å². The molecule has 0 unspecified atom stereocenters. The molecule has 0 aliphatic rings. The maximum atomic E-state index is 2.25. The van der Waals surface area contributed by atoms with Crippen molar-refractivity contribution in [1.82, 2.24) is 0 Å². The van der Waals surface area contributed by atoms with Gasteiger partial charge in [0.25, 0.3) is 0 Å². The third kappa shape index (κ3) is 4.35. The highest BCUT2D eigenvalue weighted by atomic mass is 35.5. The zero-order valence-electron chi connectivity index (χ0n) is 7.70. The number of aromatic nitrogens is 1. The van der Waals surface area contributed by atoms with Crippen molar-refractivity contribution in [3.63, 3.8) is 0 Å². The molecule has 0 spiro atoms. The third-order valence-electron chi connectivity index (χ3n) is 1.74. The lowest BCUT2D eigenvalue weighted by Crippen LogP contribution is -3.00. The molecule has 68 valence electrons. The Balaban J connectivity index is 0.00000121. The van der Waals surface area contributed by atoms with Crippen LogP contribution in [0.5, 0.6) is 0 Å². The molecule has 0 atom stereocenters. The van der Waals surface area contributed by atoms with Gasteiger partial charge in [-0.15, -0.1) is 0 Å². The van der Waals surface area contributed by atoms with Gasteiger partial charge < -0.3 is 12.4 Å². The lowest BCUT2D eigenvalue weighted by atomic mass is 10.1. The van der Waals surface area contributed by atoms with Gasteiger partial charge in [-0.25, -0.2) is 4.57 Å². The Morgan fingerprint density at radius 2 is 1.67 bits per heavy atom. The number of pyridine rings is 1. The van der Waals surface area contributed by atoms with Crippen LogP contribution in [-0.2, 0) is 6.54 Å². The molecule has 0 bridgehead atoms. The Hall–Kier alpha value is -0.560. The predicted molar refractivity (Wildman–Crippen MR) is 46.1 cm³/mol. The van der Waals surface area contributed by atoms with Gasteiger partial charge in [-0.05, 0) is 5.92 Å². The fourth-order valence-corrected chi connectivity index (χ4v) is 0.991. The Morgan fingerprint density at radius 3 is 2.17 bits per heavy atom. The van der Waals surface area contributed by atoms with Gasteiger partial charge in [-0.2, -0.15) is 0 Å². The molecule has 1 aromatic heterocycles. The summed E-state index contributed by atoms with van der Waals surface area (Å²) in [6.45, 7) is 5.64. The first-order chi connectivity index (χ1) is 5.29. The van der Waals surface area contributed by atoms with Gasteiger partial charge in [0, 0.05) is 18.6 Å². The first-order valence-corrected chi connectivity index (χ1v) is 4.23. The molecule has 12 heavy (non-hydrogen) atoms. The first-order valence-electron chi connectivity index (χ1n) is 4.23. The van der Waals surface area contributed by atoms with E-state index in [2.05, 4.69) is 42.9 Å². The summed E-state index contributed by atoms with van der Waals surface area (Å²) in [4.78, 5) is 0. The maximum Gasteiger partial charge on any atom is 0.168 e. The van der Waals surface area contributed by atoms with Crippen LogP contribution in [-0.4, -0.2) is 0 Å². The minimum atomic E-state index is 0. The summed E-state index contributed by atoms with van der Waals surface area (Å²) in [6.07, 6.45) is 5.49. The van der Waals surface area contributed by atoms with E-state index in [-0.39, 0.29) is 12.4 Å². The highest BCUT2D eigenvalue weighted by molar-refractivity contribution is 4.83. The summed E-state index contributed by atoms with van der Waals surface area (Å²) < 4.78 is 2.22. The van der Waals surface area contributed by atoms with E-state index in [0.717, 1.165) is 12.5 Å². The smallest absolute Gasteiger partial charge is 0.168 e. The average Bonchev–Trinajstić information content (AvgIpc) is 2.03. The topological polar surface area (TPSA) is 3.88 Å². The van der Waals surface area contributed by atoms with Crippen LogP contribution < -0.4 is 17.0 Å². The van der Waals surface area contributed by atoms with E-state index in [9.17, 15) is 0 Å². The van der Waals surface area contributed by atoms with Crippen molar-refractivity contribution in [2.45, 2.75) is 26.8 Å². The molecular weight excluding hydrogens is 170 g/mol. The monoisotopic (exact) mass is 185 g/mol. The second kappa shape index (κ2) is 6.01. The van der Waals surface area contributed by atoms with Crippen molar-refractivity contribution in [1.29, 1.82) is 0 Å². The van der Waals surface area contributed by atoms with Gasteiger partial charge in [-0.3, -0.25) is 0 Å². The summed E-state index contributed by atoms with van der Waals surface area (Å²) in [5.41, 5.74) is 0. The first kappa shape index (κ1) is 11.4. The normalized spacial score (nSPS) is 9.58. The molecule has 0 radical (unpaired) electrons. The van der Waals surface area contributed by atoms with E-state index in [4.69, 9.17) is 0 Å². The van der Waals surface area contributed by atoms with E-state index >= 15 is 0 Å². The van der Waals surface area contributed by atoms with Crippen LogP contribution >= 0.6 is 0 Å². The quantitative estimate of drug-likeness (QED) is 0.534. The van der Waals surface area contributed by atoms with Gasteiger partial charge in [-0.1, -0.05) is 19.9 Å². The summed E-state index contributed by atoms with van der Waals surface area (Å²) >= 11 is 0. The predicted octanol–water partition coefficient (Wildman–Crippen LogP) is -0.976. The van der Waals surface area contributed by atoms with Crippen molar-refractivity contribution >= 4 is 0 Å². The minimum absolute atomic E-state index is 0. The van der Waals surface area contributed by atoms with Crippen LogP contribution in [0.25, 0.3) is 0 Å². The average molecular weight is 186 g/mol. The molecule has 0 N–H and O–H groups in total. The summed E-state index contributed by atoms with van der Waals surface area (Å²) in [5.74, 6) is 0.794. The Kier molecular flexibility index (Phi) is 5.73. The highest BCUT2D eigenvalue weighted by Gasteiger charge is 1.99. The minimum Gasteiger partial charge on any atom is -1.00 e. The second-order valence-electron chi connectivity index (χ2n) is 3.30. The van der Waals surface area contributed by atoms with E-state index in [1.807, 2.05) is 6.07 Å². The lowest BCUT2D eigenvalue weighted by molar-refractivity contribution is -0.698. The van der Waals surface area contributed by atoms with E-state index in [1.165, 1.54) is 6.42 Å². The number of aryl methyl sites for hydroxylation is 1. The molecule has 1 aromatic rings. The van der Waals surface area contributed by atoms with E-state index in [0.29, 0.717) is 0 Å². The van der Waals surface area contributed by atoms with Gasteiger partial charge in [0.1, 0.15) is 6.54 Å². The molecular formula is C10H16ClN. The fraction of sp³-hybridized carbons (Fsp3) is 0.500. The van der Waals surface area contributed by atoms with Crippen molar-refractivity contribution in [3.05, 3.63) is 30.6 Å². The van der Waals surface area contributed by atoms with Crippen molar-refractivity contribution < 1.29 is 17.0 Å². The van der Waals surface area contributed by atoms with Crippen LogP contribution in [0.15, 0.2) is 30.6 Å². The number of nitrogens with zero attached hydrogens (tertiary/aromatic N) is 1.